The van der Waals surface area contributed by atoms with Gasteiger partial charge in [0.2, 0.25) is 0 Å². The molecule has 1 saturated heterocycles. The Balaban J connectivity index is 1.10. The van der Waals surface area contributed by atoms with Gasteiger partial charge in [-0.3, -0.25) is 0 Å². The van der Waals surface area contributed by atoms with Crippen LogP contribution in [0.2, 0.25) is 0 Å². The predicted octanol–water partition coefficient (Wildman–Crippen LogP) is 5.86. The molecule has 7 nitrogen and oxygen atoms in total. The minimum absolute atomic E-state index is 0.308. The highest BCUT2D eigenvalue weighted by Gasteiger charge is 2.26. The van der Waals surface area contributed by atoms with Gasteiger partial charge in [-0.15, -0.1) is 0 Å². The van der Waals surface area contributed by atoms with Crippen molar-refractivity contribution in [2.45, 2.75) is 38.0 Å². The number of para-hydroxylation sites is 1. The molecule has 0 bridgehead atoms. The lowest BCUT2D eigenvalue weighted by Crippen LogP contribution is -2.47. The molecule has 0 radical (unpaired) electrons. The first kappa shape index (κ1) is 29.6. The summed E-state index contributed by atoms with van der Waals surface area (Å²) in [6.45, 7) is 4.43. The first-order valence-corrected chi connectivity index (χ1v) is 14.6. The number of esters is 1. The normalized spacial score (nSPS) is 16.7. The molecule has 220 valence electrons. The summed E-state index contributed by atoms with van der Waals surface area (Å²) < 4.78 is 22.1. The Hall–Kier alpha value is -3.91. The average molecular weight is 569 g/mol. The van der Waals surface area contributed by atoms with Gasteiger partial charge in [-0.1, -0.05) is 54.6 Å². The summed E-state index contributed by atoms with van der Waals surface area (Å²) in [5.74, 6) is 1.83. The van der Waals surface area contributed by atoms with Crippen LogP contribution in [-0.4, -0.2) is 52.5 Å². The Labute approximate surface area is 248 Å². The summed E-state index contributed by atoms with van der Waals surface area (Å²) in [7, 11) is 3.09. The maximum absolute atomic E-state index is 12.1. The Morgan fingerprint density at radius 2 is 1.81 bits per heavy atom. The van der Waals surface area contributed by atoms with Crippen LogP contribution in [-0.2, 0) is 22.6 Å². The van der Waals surface area contributed by atoms with Crippen LogP contribution in [0.5, 0.6) is 11.5 Å². The molecule has 42 heavy (non-hydrogen) atoms. The maximum atomic E-state index is 12.1. The van der Waals surface area contributed by atoms with Gasteiger partial charge in [-0.25, -0.2) is 4.79 Å². The van der Waals surface area contributed by atoms with Gasteiger partial charge in [-0.05, 0) is 65.2 Å². The molecule has 1 aliphatic heterocycles. The standard InChI is InChI=1S/C35H40N2O5/c1-39-34-10-4-3-7-28(34)24-41-19-6-20-42-29-14-12-26(13-15-29)31-17-18-36-23-33(31)37-22-25-11-16-30-27(21-25)8-5-9-32(30)35(38)40-2/h3-5,7-16,21,31,33,36-37H,6,17-20,22-24H2,1-2H3/t31-,33-/m0/s1. The fourth-order valence-electron chi connectivity index (χ4n) is 5.62. The van der Waals surface area contributed by atoms with Crippen molar-refractivity contribution in [1.29, 1.82) is 0 Å². The van der Waals surface area contributed by atoms with Gasteiger partial charge in [0.15, 0.2) is 0 Å². The lowest BCUT2D eigenvalue weighted by Gasteiger charge is -2.33. The van der Waals surface area contributed by atoms with Gasteiger partial charge in [0, 0.05) is 37.0 Å². The molecule has 0 unspecified atom stereocenters. The zero-order chi connectivity index (χ0) is 29.1. The van der Waals surface area contributed by atoms with Crippen LogP contribution in [0.25, 0.3) is 10.8 Å². The van der Waals surface area contributed by atoms with E-state index in [-0.39, 0.29) is 5.97 Å². The average Bonchev–Trinajstić information content (AvgIpc) is 3.05. The summed E-state index contributed by atoms with van der Waals surface area (Å²) in [5, 5.41) is 9.27. The molecule has 4 aromatic carbocycles. The number of piperidine rings is 1. The number of carbonyl (C=O) groups excluding carboxylic acids is 1. The molecule has 2 N–H and O–H groups in total. The van der Waals surface area contributed by atoms with Gasteiger partial charge in [0.05, 0.1) is 39.6 Å². The lowest BCUT2D eigenvalue weighted by atomic mass is 9.86. The van der Waals surface area contributed by atoms with E-state index in [4.69, 9.17) is 18.9 Å². The van der Waals surface area contributed by atoms with Crippen LogP contribution < -0.4 is 20.1 Å². The van der Waals surface area contributed by atoms with E-state index >= 15 is 0 Å². The molecule has 5 rings (SSSR count). The summed E-state index contributed by atoms with van der Waals surface area (Å²) in [4.78, 5) is 12.1. The summed E-state index contributed by atoms with van der Waals surface area (Å²) in [6.07, 6.45) is 1.89. The molecule has 0 saturated carbocycles. The highest BCUT2D eigenvalue weighted by Crippen LogP contribution is 2.28. The number of hydrogen-bond donors (Lipinski definition) is 2. The molecular formula is C35H40N2O5. The van der Waals surface area contributed by atoms with Crippen molar-refractivity contribution < 1.29 is 23.7 Å². The fraction of sp³-hybridized carbons (Fsp3) is 0.343. The number of fused-ring (bicyclic) bond motifs is 1. The van der Waals surface area contributed by atoms with E-state index in [9.17, 15) is 4.79 Å². The van der Waals surface area contributed by atoms with Crippen LogP contribution in [0.3, 0.4) is 0 Å². The topological polar surface area (TPSA) is 78.1 Å². The minimum Gasteiger partial charge on any atom is -0.496 e. The van der Waals surface area contributed by atoms with Crippen molar-refractivity contribution in [2.24, 2.45) is 0 Å². The molecule has 0 aliphatic carbocycles. The van der Waals surface area contributed by atoms with Crippen LogP contribution in [0.4, 0.5) is 0 Å². The van der Waals surface area contributed by atoms with E-state index in [1.54, 1.807) is 13.2 Å². The van der Waals surface area contributed by atoms with E-state index in [1.165, 1.54) is 18.2 Å². The summed E-state index contributed by atoms with van der Waals surface area (Å²) >= 11 is 0. The van der Waals surface area contributed by atoms with E-state index in [0.717, 1.165) is 60.3 Å². The number of methoxy groups -OCH3 is 2. The molecule has 0 aromatic heterocycles. The lowest BCUT2D eigenvalue weighted by molar-refractivity contribution is 0.0603. The zero-order valence-corrected chi connectivity index (χ0v) is 24.4. The third-order valence-corrected chi connectivity index (χ3v) is 7.86. The zero-order valence-electron chi connectivity index (χ0n) is 24.4. The van der Waals surface area contributed by atoms with Crippen molar-refractivity contribution in [3.05, 3.63) is 107 Å². The van der Waals surface area contributed by atoms with E-state index in [2.05, 4.69) is 47.0 Å². The van der Waals surface area contributed by atoms with Crippen molar-refractivity contribution in [2.75, 3.05) is 40.5 Å². The van der Waals surface area contributed by atoms with E-state index in [0.29, 0.717) is 37.3 Å². The Kier molecular flexibility index (Phi) is 10.4. The van der Waals surface area contributed by atoms with Gasteiger partial charge >= 0.3 is 5.97 Å². The molecule has 0 spiro atoms. The van der Waals surface area contributed by atoms with Crippen LogP contribution in [0.1, 0.15) is 45.8 Å². The molecule has 7 heteroatoms. The number of rotatable bonds is 13. The minimum atomic E-state index is -0.312. The fourth-order valence-corrected chi connectivity index (χ4v) is 5.62. The molecule has 2 atom stereocenters. The van der Waals surface area contributed by atoms with E-state index in [1.807, 2.05) is 42.5 Å². The summed E-state index contributed by atoms with van der Waals surface area (Å²) in [5.41, 5.74) is 4.15. The highest BCUT2D eigenvalue weighted by molar-refractivity contribution is 6.04. The SMILES string of the molecule is COC(=O)c1cccc2cc(CN[C@H]3CNCC[C@H]3c3ccc(OCCCOCc4ccccc4OC)cc3)ccc12. The second-order valence-corrected chi connectivity index (χ2v) is 10.6. The molecule has 4 aromatic rings. The number of nitrogens with one attached hydrogen (secondary N) is 2. The smallest absolute Gasteiger partial charge is 0.338 e. The van der Waals surface area contributed by atoms with Gasteiger partial charge < -0.3 is 29.6 Å². The Morgan fingerprint density at radius 3 is 2.64 bits per heavy atom. The largest absolute Gasteiger partial charge is 0.496 e. The molecular weight excluding hydrogens is 528 g/mol. The molecule has 1 fully saturated rings. The van der Waals surface area contributed by atoms with Crippen molar-refractivity contribution in [3.8, 4) is 11.5 Å². The molecule has 1 heterocycles. The van der Waals surface area contributed by atoms with Crippen molar-refractivity contribution in [3.63, 3.8) is 0 Å². The van der Waals surface area contributed by atoms with Gasteiger partial charge in [0.1, 0.15) is 11.5 Å². The monoisotopic (exact) mass is 568 g/mol. The molecule has 0 amide bonds. The van der Waals surface area contributed by atoms with Crippen LogP contribution in [0.15, 0.2) is 84.9 Å². The van der Waals surface area contributed by atoms with Crippen LogP contribution in [0, 0.1) is 0 Å². The third kappa shape index (κ3) is 7.48. The van der Waals surface area contributed by atoms with E-state index < -0.39 is 0 Å². The van der Waals surface area contributed by atoms with Crippen molar-refractivity contribution in [1.82, 2.24) is 10.6 Å². The third-order valence-electron chi connectivity index (χ3n) is 7.86. The second-order valence-electron chi connectivity index (χ2n) is 10.6. The summed E-state index contributed by atoms with van der Waals surface area (Å²) in [6, 6.07) is 28.8. The highest BCUT2D eigenvalue weighted by atomic mass is 16.5. The first-order valence-electron chi connectivity index (χ1n) is 14.6. The van der Waals surface area contributed by atoms with Gasteiger partial charge in [-0.2, -0.15) is 0 Å². The van der Waals surface area contributed by atoms with Gasteiger partial charge in [0.25, 0.3) is 0 Å². The predicted molar refractivity (Wildman–Crippen MR) is 165 cm³/mol. The van der Waals surface area contributed by atoms with Crippen LogP contribution >= 0.6 is 0 Å². The number of ether oxygens (including phenoxy) is 4. The maximum Gasteiger partial charge on any atom is 0.338 e. The number of benzene rings is 4. The molecule has 1 aliphatic rings. The number of carbonyl (C=O) groups is 1. The van der Waals surface area contributed by atoms with Crippen molar-refractivity contribution >= 4 is 16.7 Å². The Bertz CT molecular complexity index is 1460. The first-order chi connectivity index (χ1) is 20.7. The second kappa shape index (κ2) is 14.8. The quantitative estimate of drug-likeness (QED) is 0.155. The Morgan fingerprint density at radius 1 is 0.952 bits per heavy atom. The number of hydrogen-bond acceptors (Lipinski definition) is 7.